The zero-order valence-corrected chi connectivity index (χ0v) is 11.4. The lowest BCUT2D eigenvalue weighted by Crippen LogP contribution is -2.32. The highest BCUT2D eigenvalue weighted by molar-refractivity contribution is 8.14. The third kappa shape index (κ3) is 4.20. The summed E-state index contributed by atoms with van der Waals surface area (Å²) in [5.41, 5.74) is 0. The molecule has 20 heavy (non-hydrogen) atoms. The van der Waals surface area contributed by atoms with E-state index in [4.69, 9.17) is 5.11 Å². The Morgan fingerprint density at radius 2 is 2.20 bits per heavy atom. The van der Waals surface area contributed by atoms with Gasteiger partial charge in [0.2, 0.25) is 5.91 Å². The van der Waals surface area contributed by atoms with Crippen LogP contribution in [-0.4, -0.2) is 38.5 Å². The van der Waals surface area contributed by atoms with Crippen molar-refractivity contribution in [3.8, 4) is 0 Å². The Bertz CT molecular complexity index is 557. The van der Waals surface area contributed by atoms with Crippen molar-refractivity contribution in [2.24, 2.45) is 4.99 Å². The maximum Gasteiger partial charge on any atom is 0.303 e. The van der Waals surface area contributed by atoms with Gasteiger partial charge in [0.25, 0.3) is 0 Å². The Morgan fingerprint density at radius 1 is 1.35 bits per heavy atom. The van der Waals surface area contributed by atoms with E-state index in [1.54, 1.807) is 12.4 Å². The van der Waals surface area contributed by atoms with Crippen LogP contribution in [0.3, 0.4) is 0 Å². The van der Waals surface area contributed by atoms with Crippen LogP contribution >= 0.6 is 11.8 Å². The number of aliphatic carboxylic acids is 1. The average molecular weight is 291 g/mol. The molecule has 6 nitrogen and oxygen atoms in total. The maximum atomic E-state index is 11.8. The van der Waals surface area contributed by atoms with Gasteiger partial charge in [-0.1, -0.05) is 17.8 Å². The first-order chi connectivity index (χ1) is 9.65. The number of pyridine rings is 1. The summed E-state index contributed by atoms with van der Waals surface area (Å²) in [7, 11) is 0. The van der Waals surface area contributed by atoms with Gasteiger partial charge in [-0.15, -0.1) is 0 Å². The van der Waals surface area contributed by atoms with Crippen molar-refractivity contribution in [2.45, 2.75) is 17.9 Å². The summed E-state index contributed by atoms with van der Waals surface area (Å²) >= 11 is 1.39. The van der Waals surface area contributed by atoms with Crippen LogP contribution in [0.25, 0.3) is 0 Å². The van der Waals surface area contributed by atoms with Gasteiger partial charge in [-0.25, -0.2) is 4.98 Å². The molecule has 0 unspecified atom stereocenters. The molecule has 1 aromatic heterocycles. The molecule has 0 saturated carbocycles. The number of rotatable bonds is 4. The van der Waals surface area contributed by atoms with Crippen LogP contribution in [0.2, 0.25) is 0 Å². The third-order valence-corrected chi connectivity index (χ3v) is 3.42. The highest BCUT2D eigenvalue weighted by atomic mass is 32.2. The van der Waals surface area contributed by atoms with Crippen LogP contribution < -0.4 is 0 Å². The van der Waals surface area contributed by atoms with Crippen molar-refractivity contribution in [2.75, 3.05) is 6.54 Å². The summed E-state index contributed by atoms with van der Waals surface area (Å²) in [6.45, 7) is 0.343. The Morgan fingerprint density at radius 3 is 2.90 bits per heavy atom. The maximum absolute atomic E-state index is 11.8. The van der Waals surface area contributed by atoms with E-state index >= 15 is 0 Å². The Balaban J connectivity index is 1.92. The fourth-order valence-electron chi connectivity index (χ4n) is 1.55. The molecular formula is C13H13N3O3S. The highest BCUT2D eigenvalue weighted by Gasteiger charge is 2.18. The predicted molar refractivity (Wildman–Crippen MR) is 75.3 cm³/mol. The molecule has 1 aliphatic rings. The fraction of sp³-hybridized carbons (Fsp3) is 0.231. The Labute approximate surface area is 120 Å². The van der Waals surface area contributed by atoms with E-state index < -0.39 is 5.97 Å². The second-order valence-corrected chi connectivity index (χ2v) is 5.10. The smallest absolute Gasteiger partial charge is 0.303 e. The molecule has 7 heteroatoms. The monoisotopic (exact) mass is 291 g/mol. The minimum absolute atomic E-state index is 0.0127. The van der Waals surface area contributed by atoms with Gasteiger partial charge >= 0.3 is 5.97 Å². The van der Waals surface area contributed by atoms with Crippen molar-refractivity contribution in [3.05, 3.63) is 36.8 Å². The summed E-state index contributed by atoms with van der Waals surface area (Å²) in [4.78, 5) is 32.2. The number of hydrogen-bond acceptors (Lipinski definition) is 5. The molecule has 0 atom stereocenters. The van der Waals surface area contributed by atoms with E-state index in [-0.39, 0.29) is 18.7 Å². The SMILES string of the molecule is O=C(O)CCC(=O)N1C=CN=C(Sc2ccccn2)C1. The molecule has 104 valence electrons. The normalized spacial score (nSPS) is 14.0. The summed E-state index contributed by atoms with van der Waals surface area (Å²) in [5, 5.41) is 10.1. The largest absolute Gasteiger partial charge is 0.481 e. The molecule has 0 bridgehead atoms. The van der Waals surface area contributed by atoms with E-state index in [2.05, 4.69) is 9.98 Å². The fourth-order valence-corrected chi connectivity index (χ4v) is 2.37. The van der Waals surface area contributed by atoms with Gasteiger partial charge < -0.3 is 10.0 Å². The number of carbonyl (C=O) groups is 2. The lowest BCUT2D eigenvalue weighted by Gasteiger charge is -2.21. The molecule has 0 radical (unpaired) electrons. The van der Waals surface area contributed by atoms with E-state index in [1.165, 1.54) is 22.9 Å². The van der Waals surface area contributed by atoms with E-state index in [0.29, 0.717) is 6.54 Å². The second-order valence-electron chi connectivity index (χ2n) is 4.01. The number of carboxylic acids is 1. The molecule has 0 saturated heterocycles. The van der Waals surface area contributed by atoms with Gasteiger partial charge in [-0.2, -0.15) is 0 Å². The minimum atomic E-state index is -0.976. The summed E-state index contributed by atoms with van der Waals surface area (Å²) in [6.07, 6.45) is 4.61. The van der Waals surface area contributed by atoms with Crippen LogP contribution in [-0.2, 0) is 9.59 Å². The number of carbonyl (C=O) groups excluding carboxylic acids is 1. The zero-order valence-electron chi connectivity index (χ0n) is 10.6. The molecule has 0 aliphatic carbocycles. The van der Waals surface area contributed by atoms with Crippen LogP contribution in [0.5, 0.6) is 0 Å². The molecule has 2 heterocycles. The number of nitrogens with zero attached hydrogens (tertiary/aromatic N) is 3. The van der Waals surface area contributed by atoms with E-state index in [9.17, 15) is 9.59 Å². The number of amides is 1. The molecule has 1 aliphatic heterocycles. The minimum Gasteiger partial charge on any atom is -0.481 e. The summed E-state index contributed by atoms with van der Waals surface area (Å²) in [5.74, 6) is -1.20. The molecule has 0 fully saturated rings. The molecule has 1 N–H and O–H groups in total. The van der Waals surface area contributed by atoms with Crippen molar-refractivity contribution in [1.29, 1.82) is 0 Å². The molecule has 2 rings (SSSR count). The molecule has 1 aromatic rings. The molecular weight excluding hydrogens is 278 g/mol. The van der Waals surface area contributed by atoms with Gasteiger partial charge in [0.15, 0.2) is 0 Å². The number of aromatic nitrogens is 1. The van der Waals surface area contributed by atoms with Crippen molar-refractivity contribution >= 4 is 28.7 Å². The van der Waals surface area contributed by atoms with Gasteiger partial charge in [0.1, 0.15) is 5.03 Å². The Hall–Kier alpha value is -2.15. The first-order valence-electron chi connectivity index (χ1n) is 5.98. The number of thioether (sulfide) groups is 1. The predicted octanol–water partition coefficient (Wildman–Crippen LogP) is 1.75. The van der Waals surface area contributed by atoms with Gasteiger partial charge in [-0.05, 0) is 12.1 Å². The third-order valence-electron chi connectivity index (χ3n) is 2.50. The quantitative estimate of drug-likeness (QED) is 0.913. The topological polar surface area (TPSA) is 82.9 Å². The average Bonchev–Trinajstić information content (AvgIpc) is 2.46. The van der Waals surface area contributed by atoms with E-state index in [0.717, 1.165) is 10.1 Å². The first-order valence-corrected chi connectivity index (χ1v) is 6.80. The van der Waals surface area contributed by atoms with Crippen LogP contribution in [0.1, 0.15) is 12.8 Å². The van der Waals surface area contributed by atoms with Crippen molar-refractivity contribution in [3.63, 3.8) is 0 Å². The van der Waals surface area contributed by atoms with Crippen LogP contribution in [0.15, 0.2) is 46.8 Å². The molecule has 1 amide bonds. The van der Waals surface area contributed by atoms with Gasteiger partial charge in [-0.3, -0.25) is 14.6 Å². The molecule has 0 spiro atoms. The first kappa shape index (κ1) is 14.3. The number of hydrogen-bond donors (Lipinski definition) is 1. The van der Waals surface area contributed by atoms with Crippen molar-refractivity contribution in [1.82, 2.24) is 9.88 Å². The zero-order chi connectivity index (χ0) is 14.4. The summed E-state index contributed by atoms with van der Waals surface area (Å²) in [6, 6.07) is 5.57. The standard InChI is InChI=1S/C13H13N3O3S/c17-12(4-5-13(18)19)16-8-7-15-11(9-16)20-10-3-1-2-6-14-10/h1-3,6-8H,4-5,9H2,(H,18,19). The second kappa shape index (κ2) is 6.85. The molecule has 0 aromatic carbocycles. The van der Waals surface area contributed by atoms with Gasteiger partial charge in [0, 0.05) is 25.0 Å². The summed E-state index contributed by atoms with van der Waals surface area (Å²) < 4.78 is 0. The van der Waals surface area contributed by atoms with Crippen LogP contribution in [0.4, 0.5) is 0 Å². The Kier molecular flexibility index (Phi) is 4.89. The highest BCUT2D eigenvalue weighted by Crippen LogP contribution is 2.19. The van der Waals surface area contributed by atoms with E-state index in [1.807, 2.05) is 18.2 Å². The van der Waals surface area contributed by atoms with Crippen molar-refractivity contribution < 1.29 is 14.7 Å². The van der Waals surface area contributed by atoms with Crippen LogP contribution in [0, 0.1) is 0 Å². The lowest BCUT2D eigenvalue weighted by atomic mass is 10.3. The number of aliphatic imine (C=N–C) groups is 1. The van der Waals surface area contributed by atoms with Gasteiger partial charge in [0.05, 0.1) is 18.0 Å². The number of carboxylic acid groups (broad SMARTS) is 1. The lowest BCUT2D eigenvalue weighted by molar-refractivity contribution is -0.140.